The van der Waals surface area contributed by atoms with Gasteiger partial charge in [-0.3, -0.25) is 4.98 Å². The number of carbonyl (C=O) groups excluding carboxylic acids is 1. The van der Waals surface area contributed by atoms with Gasteiger partial charge in [-0.05, 0) is 37.0 Å². The maximum atomic E-state index is 11.7. The largest absolute Gasteiger partial charge is 0.417 e. The second kappa shape index (κ2) is 9.36. The zero-order chi connectivity index (χ0) is 22.6. The van der Waals surface area contributed by atoms with E-state index >= 15 is 0 Å². The van der Waals surface area contributed by atoms with Crippen LogP contribution < -0.4 is 10.6 Å². The van der Waals surface area contributed by atoms with Gasteiger partial charge in [-0.15, -0.1) is 0 Å². The predicted octanol–water partition coefficient (Wildman–Crippen LogP) is 4.82. The molecule has 3 rings (SSSR count). The number of nitrogens with zero attached hydrogens (tertiary/aromatic N) is 3. The van der Waals surface area contributed by atoms with Crippen molar-refractivity contribution in [1.29, 1.82) is 0 Å². The molecule has 0 aliphatic heterocycles. The molecule has 1 aromatic carbocycles. The van der Waals surface area contributed by atoms with Gasteiger partial charge in [0.15, 0.2) is 8.32 Å². The number of hydrogen-bond donors (Lipinski definition) is 2. The van der Waals surface area contributed by atoms with Crippen molar-refractivity contribution in [2.24, 2.45) is 0 Å². The normalized spacial score (nSPS) is 12.5. The fourth-order valence-electron chi connectivity index (χ4n) is 3.35. The number of amides is 2. The minimum absolute atomic E-state index is 0.218. The Hall–Kier alpha value is -2.45. The molecular weight excluding hydrogens is 406 g/mol. The van der Waals surface area contributed by atoms with Gasteiger partial charge >= 0.3 is 6.03 Å². The van der Waals surface area contributed by atoms with Gasteiger partial charge in [0, 0.05) is 25.6 Å². The van der Waals surface area contributed by atoms with Crippen molar-refractivity contribution in [3.63, 3.8) is 0 Å². The summed E-state index contributed by atoms with van der Waals surface area (Å²) >= 11 is 0. The summed E-state index contributed by atoms with van der Waals surface area (Å²) in [5.74, 6) is 0.835. The molecule has 2 amide bonds. The smallest absolute Gasteiger partial charge is 0.314 e. The molecule has 3 aromatic rings. The van der Waals surface area contributed by atoms with Crippen LogP contribution in [0.25, 0.3) is 21.9 Å². The molecule has 8 heteroatoms. The Kier molecular flexibility index (Phi) is 7.01. The zero-order valence-corrected chi connectivity index (χ0v) is 20.6. The lowest BCUT2D eigenvalue weighted by Gasteiger charge is -2.36. The van der Waals surface area contributed by atoms with Crippen LogP contribution in [0.4, 0.5) is 4.79 Å². The van der Waals surface area contributed by atoms with E-state index in [1.807, 2.05) is 24.4 Å². The molecule has 0 bridgehead atoms. The van der Waals surface area contributed by atoms with Crippen LogP contribution in [-0.2, 0) is 17.5 Å². The van der Waals surface area contributed by atoms with Crippen molar-refractivity contribution in [3.8, 4) is 0 Å². The second-order valence-electron chi connectivity index (χ2n) is 9.44. The first kappa shape index (κ1) is 23.2. The van der Waals surface area contributed by atoms with Crippen LogP contribution in [0.1, 0.15) is 39.4 Å². The highest BCUT2D eigenvalue weighted by molar-refractivity contribution is 6.74. The number of rotatable bonds is 8. The highest BCUT2D eigenvalue weighted by atomic mass is 28.4. The van der Waals surface area contributed by atoms with Gasteiger partial charge in [0.1, 0.15) is 11.3 Å². The molecular formula is C23H35N5O2Si. The number of aryl methyl sites for hydroxylation is 1. The predicted molar refractivity (Wildman–Crippen MR) is 129 cm³/mol. The van der Waals surface area contributed by atoms with Gasteiger partial charge in [-0.2, -0.15) is 0 Å². The van der Waals surface area contributed by atoms with Crippen LogP contribution in [-0.4, -0.2) is 42.5 Å². The highest BCUT2D eigenvalue weighted by Gasteiger charge is 2.36. The Morgan fingerprint density at radius 3 is 2.61 bits per heavy atom. The van der Waals surface area contributed by atoms with Crippen LogP contribution in [0.2, 0.25) is 18.1 Å². The van der Waals surface area contributed by atoms with E-state index in [0.29, 0.717) is 6.54 Å². The average Bonchev–Trinajstić information content (AvgIpc) is 3.08. The molecule has 2 heterocycles. The molecule has 168 valence electrons. The minimum atomic E-state index is -1.72. The summed E-state index contributed by atoms with van der Waals surface area (Å²) in [6.45, 7) is 13.3. The van der Waals surface area contributed by atoms with Gasteiger partial charge in [0.2, 0.25) is 0 Å². The Balaban J connectivity index is 1.79. The number of aromatic nitrogens is 3. The minimum Gasteiger partial charge on any atom is -0.417 e. The van der Waals surface area contributed by atoms with Crippen LogP contribution >= 0.6 is 0 Å². The van der Waals surface area contributed by atoms with Crippen molar-refractivity contribution in [2.75, 3.05) is 13.7 Å². The number of unbranched alkanes of at least 4 members (excludes halogenated alkanes) is 1. The number of carbonyl (C=O) groups is 1. The first-order chi connectivity index (χ1) is 14.6. The molecule has 0 atom stereocenters. The Bertz CT molecular complexity index is 1060. The van der Waals surface area contributed by atoms with Gasteiger partial charge in [0.05, 0.1) is 23.8 Å². The third kappa shape index (κ3) is 5.24. The van der Waals surface area contributed by atoms with Crippen LogP contribution in [0, 0.1) is 0 Å². The van der Waals surface area contributed by atoms with Gasteiger partial charge in [-0.25, -0.2) is 9.78 Å². The number of fused-ring (bicyclic) bond motifs is 3. The SMILES string of the molecule is CNC(=O)NCc1nc2cnc3ccccc3c2n1CCCCO[Si](C)(C)C(C)(C)C. The Labute approximate surface area is 185 Å². The number of pyridine rings is 1. The van der Waals surface area contributed by atoms with E-state index in [-0.39, 0.29) is 11.1 Å². The lowest BCUT2D eigenvalue weighted by atomic mass is 10.2. The second-order valence-corrected chi connectivity index (χ2v) is 14.2. The average molecular weight is 442 g/mol. The molecule has 0 radical (unpaired) electrons. The van der Waals surface area contributed by atoms with Crippen molar-refractivity contribution in [2.45, 2.75) is 64.8 Å². The monoisotopic (exact) mass is 441 g/mol. The fraction of sp³-hybridized carbons (Fsp3) is 0.522. The molecule has 0 spiro atoms. The molecule has 0 unspecified atom stereocenters. The molecule has 0 aliphatic rings. The van der Waals surface area contributed by atoms with Crippen LogP contribution in [0.15, 0.2) is 30.5 Å². The van der Waals surface area contributed by atoms with E-state index in [4.69, 9.17) is 9.41 Å². The lowest BCUT2D eigenvalue weighted by molar-refractivity contribution is 0.242. The topological polar surface area (TPSA) is 81.1 Å². The molecule has 0 saturated heterocycles. The molecule has 2 N–H and O–H groups in total. The standard InChI is InChI=1S/C23H35N5O2Si/c1-23(2,3)31(5,6)30-14-10-9-13-28-20(16-26-22(29)24-4)27-19-15-25-18-12-8-7-11-17(18)21(19)28/h7-8,11-12,15H,9-10,13-14,16H2,1-6H3,(H2,24,26,29). The lowest BCUT2D eigenvalue weighted by Crippen LogP contribution is -2.41. The molecule has 2 aromatic heterocycles. The fourth-order valence-corrected chi connectivity index (χ4v) is 4.44. The van der Waals surface area contributed by atoms with Gasteiger partial charge < -0.3 is 19.6 Å². The molecule has 7 nitrogen and oxygen atoms in total. The summed E-state index contributed by atoms with van der Waals surface area (Å²) in [4.78, 5) is 21.0. The number of hydrogen-bond acceptors (Lipinski definition) is 4. The molecule has 0 fully saturated rings. The van der Waals surface area contributed by atoms with Crippen molar-refractivity contribution in [3.05, 3.63) is 36.3 Å². The van der Waals surface area contributed by atoms with Crippen molar-refractivity contribution in [1.82, 2.24) is 25.2 Å². The highest BCUT2D eigenvalue weighted by Crippen LogP contribution is 2.36. The van der Waals surface area contributed by atoms with Crippen LogP contribution in [0.5, 0.6) is 0 Å². The third-order valence-electron chi connectivity index (χ3n) is 6.24. The summed E-state index contributed by atoms with van der Waals surface area (Å²) in [5, 5.41) is 6.76. The molecule has 0 aliphatic carbocycles. The quantitative estimate of drug-likeness (QED) is 0.388. The summed E-state index contributed by atoms with van der Waals surface area (Å²) < 4.78 is 8.56. The summed E-state index contributed by atoms with van der Waals surface area (Å²) in [6, 6.07) is 7.90. The van der Waals surface area contributed by atoms with Crippen LogP contribution in [0.3, 0.4) is 0 Å². The number of urea groups is 1. The first-order valence-electron chi connectivity index (χ1n) is 11.0. The zero-order valence-electron chi connectivity index (χ0n) is 19.6. The number of para-hydroxylation sites is 1. The number of benzene rings is 1. The summed E-state index contributed by atoms with van der Waals surface area (Å²) in [5.41, 5.74) is 2.87. The first-order valence-corrected chi connectivity index (χ1v) is 13.9. The maximum Gasteiger partial charge on any atom is 0.314 e. The summed E-state index contributed by atoms with van der Waals surface area (Å²) in [7, 11) is -0.114. The van der Waals surface area contributed by atoms with Gasteiger partial charge in [0.25, 0.3) is 0 Å². The summed E-state index contributed by atoms with van der Waals surface area (Å²) in [6.07, 6.45) is 3.78. The van der Waals surface area contributed by atoms with E-state index in [1.165, 1.54) is 0 Å². The van der Waals surface area contributed by atoms with E-state index in [2.05, 4.69) is 60.1 Å². The van der Waals surface area contributed by atoms with E-state index in [1.54, 1.807) is 7.05 Å². The van der Waals surface area contributed by atoms with E-state index in [9.17, 15) is 4.79 Å². The molecule has 0 saturated carbocycles. The third-order valence-corrected chi connectivity index (χ3v) is 10.8. The van der Waals surface area contributed by atoms with Crippen molar-refractivity contribution < 1.29 is 9.22 Å². The van der Waals surface area contributed by atoms with Crippen molar-refractivity contribution >= 4 is 36.3 Å². The maximum absolute atomic E-state index is 11.7. The number of imidazole rings is 1. The van der Waals surface area contributed by atoms with Gasteiger partial charge in [-0.1, -0.05) is 39.0 Å². The molecule has 31 heavy (non-hydrogen) atoms. The van der Waals surface area contributed by atoms with E-state index in [0.717, 1.165) is 53.8 Å². The Morgan fingerprint density at radius 1 is 1.16 bits per heavy atom. The number of nitrogens with one attached hydrogen (secondary N) is 2. The Morgan fingerprint density at radius 2 is 1.90 bits per heavy atom. The van der Waals surface area contributed by atoms with E-state index < -0.39 is 8.32 Å².